The lowest BCUT2D eigenvalue weighted by atomic mass is 10.2. The van der Waals surface area contributed by atoms with Crippen LogP contribution in [0.5, 0.6) is 0 Å². The Balaban J connectivity index is 2.47. The molecule has 21 heavy (non-hydrogen) atoms. The van der Waals surface area contributed by atoms with Gasteiger partial charge < -0.3 is 4.74 Å². The molecule has 0 N–H and O–H groups in total. The first-order valence-corrected chi connectivity index (χ1v) is 9.22. The summed E-state index contributed by atoms with van der Waals surface area (Å²) in [6.45, 7) is 3.99. The Morgan fingerprint density at radius 3 is 2.48 bits per heavy atom. The molecule has 1 aliphatic heterocycles. The van der Waals surface area contributed by atoms with Gasteiger partial charge in [0, 0.05) is 23.1 Å². The van der Waals surface area contributed by atoms with Gasteiger partial charge in [0.1, 0.15) is 10.7 Å². The van der Waals surface area contributed by atoms with E-state index in [1.807, 2.05) is 0 Å². The summed E-state index contributed by atoms with van der Waals surface area (Å²) >= 11 is 8.86. The molecule has 118 valence electrons. The molecule has 0 saturated carbocycles. The van der Waals surface area contributed by atoms with Crippen LogP contribution in [0.1, 0.15) is 19.4 Å². The second kappa shape index (κ2) is 6.50. The molecule has 2 rings (SSSR count). The second-order valence-corrected chi connectivity index (χ2v) is 8.18. The molecular weight excluding hydrogens is 385 g/mol. The van der Waals surface area contributed by atoms with Gasteiger partial charge in [-0.15, -0.1) is 11.6 Å². The van der Waals surface area contributed by atoms with E-state index in [-0.39, 0.29) is 41.6 Å². The summed E-state index contributed by atoms with van der Waals surface area (Å²) < 4.78 is 47.0. The lowest BCUT2D eigenvalue weighted by Gasteiger charge is -2.34. The maximum Gasteiger partial charge on any atom is 0.246 e. The second-order valence-electron chi connectivity index (χ2n) is 5.09. The highest BCUT2D eigenvalue weighted by molar-refractivity contribution is 9.10. The standard InChI is InChI=1S/C13H16BrClFNO3S/c1-8-6-17(7-9(2)20-8)21(18,19)12-4-11(14)3-10(5-15)13(12)16/h3-4,8-9H,5-7H2,1-2H3/t8-,9+. The van der Waals surface area contributed by atoms with Crippen LogP contribution < -0.4 is 0 Å². The number of benzene rings is 1. The SMILES string of the molecule is C[C@@H]1CN(S(=O)(=O)c2cc(Br)cc(CCl)c2F)C[C@H](C)O1. The van der Waals surface area contributed by atoms with Crippen LogP contribution in [-0.4, -0.2) is 38.0 Å². The molecule has 4 nitrogen and oxygen atoms in total. The summed E-state index contributed by atoms with van der Waals surface area (Å²) in [6.07, 6.45) is -0.461. The highest BCUT2D eigenvalue weighted by Crippen LogP contribution is 2.29. The number of morpholine rings is 1. The Bertz CT molecular complexity index is 631. The van der Waals surface area contributed by atoms with Crippen molar-refractivity contribution in [2.75, 3.05) is 13.1 Å². The van der Waals surface area contributed by atoms with Crippen molar-refractivity contribution in [3.05, 3.63) is 28.0 Å². The van der Waals surface area contributed by atoms with E-state index < -0.39 is 15.8 Å². The highest BCUT2D eigenvalue weighted by Gasteiger charge is 2.34. The number of halogens is 3. The molecule has 1 aliphatic rings. The van der Waals surface area contributed by atoms with Crippen LogP contribution in [0.25, 0.3) is 0 Å². The monoisotopic (exact) mass is 399 g/mol. The van der Waals surface area contributed by atoms with Crippen molar-refractivity contribution in [2.24, 2.45) is 0 Å². The zero-order valence-electron chi connectivity index (χ0n) is 11.6. The molecule has 0 bridgehead atoms. The van der Waals surface area contributed by atoms with Crippen molar-refractivity contribution >= 4 is 37.6 Å². The highest BCUT2D eigenvalue weighted by atomic mass is 79.9. The minimum absolute atomic E-state index is 0.0935. The fraction of sp³-hybridized carbons (Fsp3) is 0.538. The molecular formula is C13H16BrClFNO3S. The number of sulfonamides is 1. The lowest BCUT2D eigenvalue weighted by Crippen LogP contribution is -2.48. The van der Waals surface area contributed by atoms with E-state index in [0.29, 0.717) is 4.47 Å². The van der Waals surface area contributed by atoms with Gasteiger partial charge in [0.05, 0.1) is 18.1 Å². The van der Waals surface area contributed by atoms with Crippen molar-refractivity contribution in [3.63, 3.8) is 0 Å². The summed E-state index contributed by atoms with van der Waals surface area (Å²) in [5, 5.41) is 0. The van der Waals surface area contributed by atoms with Crippen molar-refractivity contribution in [3.8, 4) is 0 Å². The molecule has 1 aromatic rings. The third kappa shape index (κ3) is 3.59. The summed E-state index contributed by atoms with van der Waals surface area (Å²) in [6, 6.07) is 2.75. The van der Waals surface area contributed by atoms with Crippen LogP contribution in [0.2, 0.25) is 0 Å². The van der Waals surface area contributed by atoms with E-state index in [2.05, 4.69) is 15.9 Å². The third-order valence-corrected chi connectivity index (χ3v) is 5.80. The van der Waals surface area contributed by atoms with Gasteiger partial charge in [-0.25, -0.2) is 12.8 Å². The van der Waals surface area contributed by atoms with Gasteiger partial charge in [-0.2, -0.15) is 4.31 Å². The molecule has 0 amide bonds. The average molecular weight is 401 g/mol. The topological polar surface area (TPSA) is 46.6 Å². The van der Waals surface area contributed by atoms with E-state index >= 15 is 0 Å². The molecule has 1 fully saturated rings. The van der Waals surface area contributed by atoms with Crippen LogP contribution in [0.3, 0.4) is 0 Å². The summed E-state index contributed by atoms with van der Waals surface area (Å²) in [7, 11) is -3.92. The van der Waals surface area contributed by atoms with E-state index in [0.717, 1.165) is 0 Å². The van der Waals surface area contributed by atoms with Gasteiger partial charge in [0.15, 0.2) is 0 Å². The van der Waals surface area contributed by atoms with Crippen molar-refractivity contribution in [2.45, 2.75) is 36.8 Å². The molecule has 1 aromatic carbocycles. The number of nitrogens with zero attached hydrogens (tertiary/aromatic N) is 1. The summed E-state index contributed by atoms with van der Waals surface area (Å²) in [4.78, 5) is -0.353. The number of hydrogen-bond acceptors (Lipinski definition) is 3. The molecule has 0 aromatic heterocycles. The lowest BCUT2D eigenvalue weighted by molar-refractivity contribution is -0.0441. The van der Waals surface area contributed by atoms with E-state index in [1.165, 1.54) is 16.4 Å². The minimum Gasteiger partial charge on any atom is -0.373 e. The van der Waals surface area contributed by atoms with Gasteiger partial charge >= 0.3 is 0 Å². The van der Waals surface area contributed by atoms with E-state index in [1.54, 1.807) is 13.8 Å². The normalized spacial score (nSPS) is 24.2. The minimum atomic E-state index is -3.92. The Morgan fingerprint density at radius 2 is 1.95 bits per heavy atom. The molecule has 8 heteroatoms. The number of alkyl halides is 1. The Morgan fingerprint density at radius 1 is 1.38 bits per heavy atom. The number of rotatable bonds is 3. The molecule has 0 aliphatic carbocycles. The maximum atomic E-state index is 14.4. The van der Waals surface area contributed by atoms with Crippen LogP contribution in [0.15, 0.2) is 21.5 Å². The summed E-state index contributed by atoms with van der Waals surface area (Å²) in [5.41, 5.74) is 0.152. The zero-order chi connectivity index (χ0) is 15.8. The van der Waals surface area contributed by atoms with Crippen molar-refractivity contribution in [1.82, 2.24) is 4.31 Å². The Hall–Kier alpha value is -0.210. The van der Waals surface area contributed by atoms with Gasteiger partial charge in [0.2, 0.25) is 10.0 Å². The fourth-order valence-electron chi connectivity index (χ4n) is 2.37. The number of ether oxygens (including phenoxy) is 1. The largest absolute Gasteiger partial charge is 0.373 e. The fourth-order valence-corrected chi connectivity index (χ4v) is 4.94. The summed E-state index contributed by atoms with van der Waals surface area (Å²) in [5.74, 6) is -0.885. The van der Waals surface area contributed by atoms with Crippen LogP contribution in [0.4, 0.5) is 4.39 Å². The van der Waals surface area contributed by atoms with Gasteiger partial charge in [-0.1, -0.05) is 15.9 Å². The first kappa shape index (κ1) is 17.1. The third-order valence-electron chi connectivity index (χ3n) is 3.23. The first-order valence-electron chi connectivity index (χ1n) is 6.45. The molecule has 2 atom stereocenters. The zero-order valence-corrected chi connectivity index (χ0v) is 14.8. The van der Waals surface area contributed by atoms with Crippen molar-refractivity contribution < 1.29 is 17.5 Å². The molecule has 0 spiro atoms. The molecule has 0 unspecified atom stereocenters. The van der Waals surface area contributed by atoms with Gasteiger partial charge in [0.25, 0.3) is 0 Å². The molecule has 0 radical (unpaired) electrons. The van der Waals surface area contributed by atoms with Crippen LogP contribution >= 0.6 is 27.5 Å². The molecule has 1 heterocycles. The van der Waals surface area contributed by atoms with E-state index in [4.69, 9.17) is 16.3 Å². The first-order chi connectivity index (χ1) is 9.75. The number of hydrogen-bond donors (Lipinski definition) is 0. The predicted molar refractivity (Wildman–Crippen MR) is 82.4 cm³/mol. The van der Waals surface area contributed by atoms with E-state index in [9.17, 15) is 12.8 Å². The van der Waals surface area contributed by atoms with Crippen molar-refractivity contribution in [1.29, 1.82) is 0 Å². The Labute approximate surface area is 137 Å². The van der Waals surface area contributed by atoms with Crippen LogP contribution in [-0.2, 0) is 20.6 Å². The maximum absolute atomic E-state index is 14.4. The van der Waals surface area contributed by atoms with Gasteiger partial charge in [-0.05, 0) is 26.0 Å². The Kier molecular flexibility index (Phi) is 5.31. The molecule has 1 saturated heterocycles. The predicted octanol–water partition coefficient (Wildman–Crippen LogP) is 3.12. The average Bonchev–Trinajstić information content (AvgIpc) is 2.39. The smallest absolute Gasteiger partial charge is 0.246 e. The quantitative estimate of drug-likeness (QED) is 0.732. The van der Waals surface area contributed by atoms with Crippen LogP contribution in [0, 0.1) is 5.82 Å². The van der Waals surface area contributed by atoms with Gasteiger partial charge in [-0.3, -0.25) is 0 Å².